The quantitative estimate of drug-likeness (QED) is 0.779. The number of halogens is 2. The van der Waals surface area contributed by atoms with E-state index >= 15 is 0 Å². The van der Waals surface area contributed by atoms with Crippen molar-refractivity contribution in [1.82, 2.24) is 0 Å². The Bertz CT molecular complexity index is 474. The molecule has 0 radical (unpaired) electrons. The van der Waals surface area contributed by atoms with Crippen LogP contribution in [0.2, 0.25) is 5.02 Å². The summed E-state index contributed by atoms with van der Waals surface area (Å²) >= 11 is 6.10. The second-order valence-corrected chi connectivity index (χ2v) is 6.51. The van der Waals surface area contributed by atoms with Crippen LogP contribution in [-0.4, -0.2) is 13.1 Å². The third kappa shape index (κ3) is 1.82. The molecule has 2 unspecified atom stereocenters. The van der Waals surface area contributed by atoms with Gasteiger partial charge in [-0.25, -0.2) is 4.39 Å². The molecule has 1 saturated carbocycles. The Morgan fingerprint density at radius 2 is 1.89 bits per heavy atom. The Hall–Kier alpha value is -0.760. The zero-order valence-electron chi connectivity index (χ0n) is 11.1. The number of rotatable bonds is 2. The van der Waals surface area contributed by atoms with Crippen LogP contribution in [0.25, 0.3) is 0 Å². The monoisotopic (exact) mass is 267 g/mol. The first-order valence-corrected chi connectivity index (χ1v) is 7.07. The van der Waals surface area contributed by atoms with Crippen molar-refractivity contribution in [2.24, 2.45) is 23.7 Å². The molecular formula is C15H19ClFN. The molecule has 0 aromatic heterocycles. The van der Waals surface area contributed by atoms with E-state index in [2.05, 4.69) is 18.7 Å². The first kappa shape index (κ1) is 12.3. The van der Waals surface area contributed by atoms with E-state index in [1.807, 2.05) is 6.92 Å². The van der Waals surface area contributed by atoms with Gasteiger partial charge in [0, 0.05) is 18.1 Å². The Balaban J connectivity index is 1.78. The molecule has 2 atom stereocenters. The Kier molecular flexibility index (Phi) is 2.81. The summed E-state index contributed by atoms with van der Waals surface area (Å²) < 4.78 is 14.0. The number of fused-ring (bicyclic) bond motifs is 1. The van der Waals surface area contributed by atoms with E-state index in [9.17, 15) is 4.39 Å². The number of anilines is 1. The van der Waals surface area contributed by atoms with Crippen LogP contribution < -0.4 is 4.90 Å². The van der Waals surface area contributed by atoms with Crippen molar-refractivity contribution in [3.05, 3.63) is 28.5 Å². The zero-order valence-corrected chi connectivity index (χ0v) is 11.8. The SMILES string of the molecule is Cc1cc(F)c(N2CC3C(C2)C3C(C)C)cc1Cl. The van der Waals surface area contributed by atoms with Gasteiger partial charge in [0.1, 0.15) is 5.82 Å². The van der Waals surface area contributed by atoms with E-state index in [1.165, 1.54) is 0 Å². The van der Waals surface area contributed by atoms with Crippen LogP contribution in [0.15, 0.2) is 12.1 Å². The van der Waals surface area contributed by atoms with Crippen LogP contribution in [0.4, 0.5) is 10.1 Å². The highest BCUT2D eigenvalue weighted by molar-refractivity contribution is 6.31. The van der Waals surface area contributed by atoms with Gasteiger partial charge in [-0.3, -0.25) is 0 Å². The van der Waals surface area contributed by atoms with Crippen LogP contribution in [0.5, 0.6) is 0 Å². The van der Waals surface area contributed by atoms with E-state index < -0.39 is 0 Å². The molecule has 1 aliphatic heterocycles. The summed E-state index contributed by atoms with van der Waals surface area (Å²) in [7, 11) is 0. The summed E-state index contributed by atoms with van der Waals surface area (Å²) in [5.41, 5.74) is 1.49. The van der Waals surface area contributed by atoms with Gasteiger partial charge in [0.15, 0.2) is 0 Å². The predicted octanol–water partition coefficient (Wildman–Crippen LogP) is 4.13. The summed E-state index contributed by atoms with van der Waals surface area (Å²) in [6.07, 6.45) is 0. The van der Waals surface area contributed by atoms with Crippen molar-refractivity contribution in [3.63, 3.8) is 0 Å². The van der Waals surface area contributed by atoms with Gasteiger partial charge >= 0.3 is 0 Å². The first-order valence-electron chi connectivity index (χ1n) is 6.69. The molecule has 18 heavy (non-hydrogen) atoms. The standard InChI is InChI=1S/C15H19ClFN/c1-8(2)15-10-6-18(7-11(10)15)14-5-12(16)9(3)4-13(14)17/h4-5,8,10-11,15H,6-7H2,1-3H3. The third-order valence-electron chi connectivity index (χ3n) is 4.60. The fraction of sp³-hybridized carbons (Fsp3) is 0.600. The van der Waals surface area contributed by atoms with Crippen LogP contribution >= 0.6 is 11.6 Å². The predicted molar refractivity (Wildman–Crippen MR) is 73.7 cm³/mol. The van der Waals surface area contributed by atoms with Crippen LogP contribution in [0.3, 0.4) is 0 Å². The number of hydrogen-bond donors (Lipinski definition) is 0. The molecule has 1 aromatic carbocycles. The maximum absolute atomic E-state index is 14.0. The molecular weight excluding hydrogens is 249 g/mol. The maximum Gasteiger partial charge on any atom is 0.146 e. The molecule has 0 spiro atoms. The largest absolute Gasteiger partial charge is 0.369 e. The van der Waals surface area contributed by atoms with Crippen LogP contribution in [0, 0.1) is 36.4 Å². The molecule has 98 valence electrons. The molecule has 2 aliphatic rings. The van der Waals surface area contributed by atoms with Crippen molar-refractivity contribution < 1.29 is 4.39 Å². The lowest BCUT2D eigenvalue weighted by Gasteiger charge is -2.24. The minimum Gasteiger partial charge on any atom is -0.369 e. The smallest absolute Gasteiger partial charge is 0.146 e. The molecule has 0 N–H and O–H groups in total. The average molecular weight is 268 g/mol. The lowest BCUT2D eigenvalue weighted by atomic mass is 10.0. The highest BCUT2D eigenvalue weighted by Gasteiger charge is 2.56. The van der Waals surface area contributed by atoms with Crippen molar-refractivity contribution >= 4 is 17.3 Å². The second-order valence-electron chi connectivity index (χ2n) is 6.11. The molecule has 1 saturated heterocycles. The van der Waals surface area contributed by atoms with Gasteiger partial charge in [-0.15, -0.1) is 0 Å². The molecule has 1 heterocycles. The number of hydrogen-bond acceptors (Lipinski definition) is 1. The number of aryl methyl sites for hydroxylation is 1. The fourth-order valence-electron chi connectivity index (χ4n) is 3.64. The molecule has 1 aromatic rings. The van der Waals surface area contributed by atoms with Gasteiger partial charge in [-0.1, -0.05) is 25.4 Å². The van der Waals surface area contributed by atoms with Crippen molar-refractivity contribution in [3.8, 4) is 0 Å². The highest BCUT2D eigenvalue weighted by atomic mass is 35.5. The molecule has 1 aliphatic carbocycles. The average Bonchev–Trinajstić information content (AvgIpc) is 2.81. The lowest BCUT2D eigenvalue weighted by Crippen LogP contribution is -2.26. The molecule has 0 bridgehead atoms. The van der Waals surface area contributed by atoms with E-state index in [0.29, 0.717) is 10.7 Å². The Morgan fingerprint density at radius 3 is 2.44 bits per heavy atom. The van der Waals surface area contributed by atoms with Gasteiger partial charge in [0.05, 0.1) is 5.69 Å². The van der Waals surface area contributed by atoms with Crippen molar-refractivity contribution in [1.29, 1.82) is 0 Å². The summed E-state index contributed by atoms with van der Waals surface area (Å²) in [6, 6.07) is 3.32. The molecule has 1 nitrogen and oxygen atoms in total. The first-order chi connectivity index (χ1) is 8.49. The van der Waals surface area contributed by atoms with Crippen molar-refractivity contribution in [2.45, 2.75) is 20.8 Å². The minimum absolute atomic E-state index is 0.140. The molecule has 3 heteroatoms. The normalized spacial score (nSPS) is 29.9. The lowest BCUT2D eigenvalue weighted by molar-refractivity contribution is 0.477. The molecule has 0 amide bonds. The topological polar surface area (TPSA) is 3.24 Å². The summed E-state index contributed by atoms with van der Waals surface area (Å²) in [4.78, 5) is 2.16. The summed E-state index contributed by atoms with van der Waals surface area (Å²) in [5.74, 6) is 3.01. The highest BCUT2D eigenvalue weighted by Crippen LogP contribution is 2.56. The number of nitrogens with zero attached hydrogens (tertiary/aromatic N) is 1. The van der Waals surface area contributed by atoms with Crippen LogP contribution in [-0.2, 0) is 0 Å². The second kappa shape index (κ2) is 4.12. The minimum atomic E-state index is -0.140. The maximum atomic E-state index is 14.0. The number of benzene rings is 1. The number of piperidine rings is 1. The zero-order chi connectivity index (χ0) is 13.0. The fourth-order valence-corrected chi connectivity index (χ4v) is 3.79. The summed E-state index contributed by atoms with van der Waals surface area (Å²) in [5, 5.41) is 0.660. The Labute approximate surface area is 113 Å². The van der Waals surface area contributed by atoms with E-state index in [1.54, 1.807) is 12.1 Å². The molecule has 2 fully saturated rings. The molecule has 3 rings (SSSR count). The van der Waals surface area contributed by atoms with Crippen LogP contribution in [0.1, 0.15) is 19.4 Å². The van der Waals surface area contributed by atoms with Gasteiger partial charge in [0.25, 0.3) is 0 Å². The van der Waals surface area contributed by atoms with Gasteiger partial charge in [-0.2, -0.15) is 0 Å². The van der Waals surface area contributed by atoms with Gasteiger partial charge in [-0.05, 0) is 48.3 Å². The van der Waals surface area contributed by atoms with E-state index in [-0.39, 0.29) is 5.82 Å². The van der Waals surface area contributed by atoms with Crippen molar-refractivity contribution in [2.75, 3.05) is 18.0 Å². The van der Waals surface area contributed by atoms with E-state index in [0.717, 1.165) is 42.3 Å². The van der Waals surface area contributed by atoms with Gasteiger partial charge < -0.3 is 4.90 Å². The summed E-state index contributed by atoms with van der Waals surface area (Å²) in [6.45, 7) is 8.40. The van der Waals surface area contributed by atoms with E-state index in [4.69, 9.17) is 11.6 Å². The third-order valence-corrected chi connectivity index (χ3v) is 5.01. The van der Waals surface area contributed by atoms with Gasteiger partial charge in [0.2, 0.25) is 0 Å². The Morgan fingerprint density at radius 1 is 1.28 bits per heavy atom.